The third-order valence-corrected chi connectivity index (χ3v) is 8.67. The van der Waals surface area contributed by atoms with Gasteiger partial charge in [-0.3, -0.25) is 24.5 Å². The molecule has 3 atom stereocenters. The van der Waals surface area contributed by atoms with Gasteiger partial charge in [0.2, 0.25) is 5.91 Å². The second-order valence-corrected chi connectivity index (χ2v) is 11.5. The number of fused-ring (bicyclic) bond motifs is 2. The fourth-order valence-electron chi connectivity index (χ4n) is 6.91. The number of rotatable bonds is 2. The van der Waals surface area contributed by atoms with E-state index < -0.39 is 32.9 Å². The summed E-state index contributed by atoms with van der Waals surface area (Å²) in [5.74, 6) is -0.785. The van der Waals surface area contributed by atoms with Crippen LogP contribution in [0.1, 0.15) is 58.1 Å². The Morgan fingerprint density at radius 3 is 2.63 bits per heavy atom. The summed E-state index contributed by atoms with van der Waals surface area (Å²) in [6, 6.07) is 3.14. The standard InChI is InChI=1S/C26H27N3O6/c1-23(2)10-8-15-17(35-23)7-6-14(19(15)29(33)34)16-12-26-18(24(3,4)20(16)30)13-25(21(31)27-26)9-5-11-28(25)22(26)32/h6-8,10,12,18H,5,9,11,13H2,1-4H3,(H,27,31)/t18-,25-,26-/m1/s1. The summed E-state index contributed by atoms with van der Waals surface area (Å²) in [6.45, 7) is 7.75. The molecule has 1 aliphatic carbocycles. The van der Waals surface area contributed by atoms with Gasteiger partial charge in [0.25, 0.3) is 11.6 Å². The van der Waals surface area contributed by atoms with Crippen molar-refractivity contribution < 1.29 is 24.0 Å². The first kappa shape index (κ1) is 22.0. The Morgan fingerprint density at radius 1 is 1.17 bits per heavy atom. The van der Waals surface area contributed by atoms with Crippen molar-refractivity contribution in [3.8, 4) is 5.75 Å². The Hall–Kier alpha value is -3.49. The molecule has 182 valence electrons. The highest BCUT2D eigenvalue weighted by Crippen LogP contribution is 2.59. The first-order valence-electron chi connectivity index (χ1n) is 12.0. The maximum absolute atomic E-state index is 13.9. The van der Waals surface area contributed by atoms with E-state index in [9.17, 15) is 24.5 Å². The maximum Gasteiger partial charge on any atom is 0.288 e. The minimum atomic E-state index is -1.41. The molecule has 2 spiro atoms. The van der Waals surface area contributed by atoms with Crippen LogP contribution in [0, 0.1) is 21.4 Å². The fraction of sp³-hybridized carbons (Fsp3) is 0.500. The van der Waals surface area contributed by atoms with Crippen molar-refractivity contribution in [1.29, 1.82) is 0 Å². The van der Waals surface area contributed by atoms with E-state index >= 15 is 0 Å². The number of nitrogens with one attached hydrogen (secondary N) is 1. The molecule has 5 aliphatic heterocycles. The number of carbonyl (C=O) groups is 3. The molecule has 4 saturated heterocycles. The highest BCUT2D eigenvalue weighted by atomic mass is 16.6. The van der Waals surface area contributed by atoms with Gasteiger partial charge in [-0.2, -0.15) is 0 Å². The van der Waals surface area contributed by atoms with Crippen molar-refractivity contribution in [2.24, 2.45) is 11.3 Å². The minimum Gasteiger partial charge on any atom is -0.483 e. The number of hydrogen-bond acceptors (Lipinski definition) is 6. The van der Waals surface area contributed by atoms with Crippen molar-refractivity contribution in [2.45, 2.75) is 63.6 Å². The third-order valence-electron chi connectivity index (χ3n) is 8.67. The first-order chi connectivity index (χ1) is 16.3. The van der Waals surface area contributed by atoms with E-state index in [4.69, 9.17) is 4.74 Å². The van der Waals surface area contributed by atoms with Gasteiger partial charge >= 0.3 is 0 Å². The molecule has 1 N–H and O–H groups in total. The molecule has 0 aromatic heterocycles. The number of ether oxygens (including phenoxy) is 1. The number of nitro groups is 1. The predicted octanol–water partition coefficient (Wildman–Crippen LogP) is 3.02. The topological polar surface area (TPSA) is 119 Å². The van der Waals surface area contributed by atoms with E-state index in [1.165, 1.54) is 12.1 Å². The van der Waals surface area contributed by atoms with E-state index in [1.54, 1.807) is 37.0 Å². The number of nitro benzene ring substituents is 1. The summed E-state index contributed by atoms with van der Waals surface area (Å²) in [5, 5.41) is 15.3. The molecule has 9 nitrogen and oxygen atoms in total. The highest BCUT2D eigenvalue weighted by Gasteiger charge is 2.72. The van der Waals surface area contributed by atoms with E-state index in [0.29, 0.717) is 25.1 Å². The molecule has 5 heterocycles. The summed E-state index contributed by atoms with van der Waals surface area (Å²) in [4.78, 5) is 54.5. The molecular formula is C26H27N3O6. The SMILES string of the molecule is CC1(C)C=Cc2c(ccc(C3=C[C@]45NC(=O)[C@@]6(CCCN6C4=O)C[C@@H]5C(C)(C)C3=O)c2[N+](=O)[O-])O1. The molecule has 7 rings (SSSR count). The van der Waals surface area contributed by atoms with Crippen LogP contribution in [0.15, 0.2) is 24.3 Å². The lowest BCUT2D eigenvalue weighted by Crippen LogP contribution is -2.83. The van der Waals surface area contributed by atoms with E-state index in [1.807, 2.05) is 13.8 Å². The molecule has 0 saturated carbocycles. The summed E-state index contributed by atoms with van der Waals surface area (Å²) in [6.07, 6.45) is 6.60. The number of piperidine rings is 2. The van der Waals surface area contributed by atoms with Crippen LogP contribution in [0.4, 0.5) is 5.69 Å². The molecule has 35 heavy (non-hydrogen) atoms. The summed E-state index contributed by atoms with van der Waals surface area (Å²) in [7, 11) is 0. The molecule has 2 bridgehead atoms. The molecule has 1 aromatic rings. The Labute approximate surface area is 202 Å². The van der Waals surface area contributed by atoms with Crippen LogP contribution in [0.3, 0.4) is 0 Å². The van der Waals surface area contributed by atoms with Crippen molar-refractivity contribution in [3.05, 3.63) is 45.5 Å². The number of ketones is 1. The number of carbonyl (C=O) groups excluding carboxylic acids is 3. The minimum absolute atomic E-state index is 0.0845. The van der Waals surface area contributed by atoms with Gasteiger partial charge in [-0.1, -0.05) is 13.8 Å². The van der Waals surface area contributed by atoms with Gasteiger partial charge in [-0.05, 0) is 63.5 Å². The van der Waals surface area contributed by atoms with Gasteiger partial charge in [0.15, 0.2) is 5.78 Å². The average Bonchev–Trinajstić information content (AvgIpc) is 3.22. The third kappa shape index (κ3) is 2.56. The van der Waals surface area contributed by atoms with E-state index in [-0.39, 0.29) is 40.0 Å². The molecule has 1 aromatic carbocycles. The number of piperazine rings is 1. The second kappa shape index (κ2) is 6.38. The lowest BCUT2D eigenvalue weighted by Gasteiger charge is -2.62. The lowest BCUT2D eigenvalue weighted by molar-refractivity contribution is -0.385. The number of hydrogen-bond donors (Lipinski definition) is 1. The molecule has 0 radical (unpaired) electrons. The predicted molar refractivity (Wildman–Crippen MR) is 126 cm³/mol. The van der Waals surface area contributed by atoms with Crippen molar-refractivity contribution >= 4 is 34.9 Å². The molecular weight excluding hydrogens is 450 g/mol. The largest absolute Gasteiger partial charge is 0.483 e. The lowest BCUT2D eigenvalue weighted by atomic mass is 9.51. The monoisotopic (exact) mass is 477 g/mol. The average molecular weight is 478 g/mol. The van der Waals surface area contributed by atoms with E-state index in [2.05, 4.69) is 5.32 Å². The van der Waals surface area contributed by atoms with Crippen LogP contribution in [0.5, 0.6) is 5.75 Å². The van der Waals surface area contributed by atoms with Crippen LogP contribution < -0.4 is 10.1 Å². The molecule has 6 aliphatic rings. The Balaban J connectivity index is 1.59. The second-order valence-electron chi connectivity index (χ2n) is 11.5. The van der Waals surface area contributed by atoms with Gasteiger partial charge in [0, 0.05) is 23.5 Å². The summed E-state index contributed by atoms with van der Waals surface area (Å²) < 4.78 is 5.92. The zero-order valence-electron chi connectivity index (χ0n) is 20.1. The van der Waals surface area contributed by atoms with Gasteiger partial charge in [-0.25, -0.2) is 0 Å². The fourth-order valence-corrected chi connectivity index (χ4v) is 6.91. The molecule has 9 heteroatoms. The highest BCUT2D eigenvalue weighted by molar-refractivity contribution is 6.27. The van der Waals surface area contributed by atoms with Crippen LogP contribution >= 0.6 is 0 Å². The van der Waals surface area contributed by atoms with Gasteiger partial charge in [-0.15, -0.1) is 0 Å². The van der Waals surface area contributed by atoms with Crippen molar-refractivity contribution in [3.63, 3.8) is 0 Å². The number of Topliss-reactive ketones (excluding diaryl/α,β-unsaturated/α-hetero) is 1. The Kier molecular flexibility index (Phi) is 4.01. The quantitative estimate of drug-likeness (QED) is 0.517. The van der Waals surface area contributed by atoms with Crippen LogP contribution in [-0.2, 0) is 14.4 Å². The van der Waals surface area contributed by atoms with Crippen LogP contribution in [0.25, 0.3) is 11.6 Å². The molecule has 2 amide bonds. The van der Waals surface area contributed by atoms with Gasteiger partial charge in [0.1, 0.15) is 22.4 Å². The van der Waals surface area contributed by atoms with Crippen molar-refractivity contribution in [2.75, 3.05) is 6.54 Å². The van der Waals surface area contributed by atoms with E-state index in [0.717, 1.165) is 6.42 Å². The number of allylic oxidation sites excluding steroid dienone is 1. The van der Waals surface area contributed by atoms with Crippen LogP contribution in [-0.4, -0.2) is 50.6 Å². The Bertz CT molecular complexity index is 1320. The van der Waals surface area contributed by atoms with Gasteiger partial charge in [0.05, 0.1) is 16.1 Å². The van der Waals surface area contributed by atoms with Gasteiger partial charge < -0.3 is 15.0 Å². The maximum atomic E-state index is 13.9. The number of benzene rings is 1. The smallest absolute Gasteiger partial charge is 0.288 e. The summed E-state index contributed by atoms with van der Waals surface area (Å²) in [5.41, 5.74) is -3.72. The first-order valence-corrected chi connectivity index (χ1v) is 12.0. The summed E-state index contributed by atoms with van der Waals surface area (Å²) >= 11 is 0. The zero-order valence-corrected chi connectivity index (χ0v) is 20.1. The van der Waals surface area contributed by atoms with Crippen LogP contribution in [0.2, 0.25) is 0 Å². The Morgan fingerprint density at radius 2 is 1.91 bits per heavy atom. The number of amides is 2. The van der Waals surface area contributed by atoms with Crippen molar-refractivity contribution in [1.82, 2.24) is 10.2 Å². The normalized spacial score (nSPS) is 33.4. The zero-order chi connectivity index (χ0) is 25.1. The molecule has 4 fully saturated rings. The number of nitrogens with zero attached hydrogens (tertiary/aromatic N) is 2. The molecule has 0 unspecified atom stereocenters.